The highest BCUT2D eigenvalue weighted by molar-refractivity contribution is 6.89. The summed E-state index contributed by atoms with van der Waals surface area (Å²) in [4.78, 5) is 47.4. The Kier molecular flexibility index (Phi) is 44.2. The van der Waals surface area contributed by atoms with Crippen LogP contribution < -0.4 is 0 Å². The second-order valence-corrected chi connectivity index (χ2v) is 23.6. The average Bonchev–Trinajstić information content (AvgIpc) is 3.23. The van der Waals surface area contributed by atoms with Gasteiger partial charge in [0.15, 0.2) is 0 Å². The van der Waals surface area contributed by atoms with Crippen molar-refractivity contribution in [3.05, 3.63) is 72.3 Å². The van der Waals surface area contributed by atoms with Crippen LogP contribution in [0.4, 0.5) is 29.3 Å². The first-order valence-corrected chi connectivity index (χ1v) is 26.2. The zero-order valence-electron chi connectivity index (χ0n) is 39.3. The fourth-order valence-corrected chi connectivity index (χ4v) is 5.73. The third-order valence-electron chi connectivity index (χ3n) is 5.41. The van der Waals surface area contributed by atoms with E-state index in [-0.39, 0.29) is 18.7 Å². The first-order valence-electron chi connectivity index (χ1n) is 19.2. The average molecular weight is 939 g/mol. The van der Waals surface area contributed by atoms with E-state index < -0.39 is 45.9 Å². The molecule has 352 valence electrons. The maximum absolute atomic E-state index is 12.4. The summed E-state index contributed by atoms with van der Waals surface area (Å²) in [5.41, 5.74) is 8.28. The van der Waals surface area contributed by atoms with Crippen LogP contribution in [0.1, 0.15) is 45.2 Å². The van der Waals surface area contributed by atoms with Crippen molar-refractivity contribution in [2.75, 3.05) is 33.5 Å². The molecule has 0 aliphatic rings. The molecule has 2 amide bonds. The van der Waals surface area contributed by atoms with Gasteiger partial charge in [-0.3, -0.25) is 4.79 Å². The van der Waals surface area contributed by atoms with Gasteiger partial charge in [0.05, 0.1) is 36.8 Å². The number of amides is 2. The minimum atomic E-state index is -4.33. The van der Waals surface area contributed by atoms with Gasteiger partial charge in [0.25, 0.3) is 5.91 Å². The van der Waals surface area contributed by atoms with Gasteiger partial charge >= 0.3 is 24.4 Å². The lowest BCUT2D eigenvalue weighted by Gasteiger charge is -2.08. The molecule has 65 heavy (non-hydrogen) atoms. The van der Waals surface area contributed by atoms with Gasteiger partial charge in [-0.2, -0.15) is 33.0 Å². The molecular formula is C47H61F3N4O9Si2. The van der Waals surface area contributed by atoms with E-state index >= 15 is 0 Å². The number of carbonyl (C=O) groups is 3. The number of aryl methyl sites for hydroxylation is 1. The van der Waals surface area contributed by atoms with Gasteiger partial charge in [-0.25, -0.2) is 9.59 Å². The maximum atomic E-state index is 12.4. The molecule has 0 unspecified atom stereocenters. The predicted molar refractivity (Wildman–Crippen MR) is 252 cm³/mol. The standard InChI is InChI=1S/C14H11F3N2.C8H18Si2.C7H12N2O3.C6H8O.C6H6O.C5H6O2.CO2/c1-10-2-6-12(7-3-10)18-19-13-8-4-11(5-9-13)14(15,16)17;1-9(2,3)7-8-10(4,5)6;1-4-6(10)8-9-7(11)12-5(2)3;2*1-3-5-7-6-4-2;1-3-4-5(6)7-2;2-1-3/h2-9H,1H3;1-6H3;5H,4H2,1-3H3;1,4H,2,5-6H2;1-2H,5-6H2;1-2H3;. The lowest BCUT2D eigenvalue weighted by atomic mass is 10.2. The van der Waals surface area contributed by atoms with Crippen molar-refractivity contribution >= 4 is 51.6 Å². The SMILES string of the molecule is C#CCOCC#C.C#CCOCC=C.CC#CC(=O)OC.CCC(=O)N=NC(=O)OC(C)C.C[Si](C)(C)C#C[Si](C)(C)C.Cc1ccc(N=Nc2ccc(C(F)(F)F)cc2)cc1.O=C=O. The molecule has 0 aliphatic heterocycles. The van der Waals surface area contributed by atoms with E-state index in [1.165, 1.54) is 19.2 Å². The minimum absolute atomic E-state index is 0.235. The number of terminal acetylenes is 3. The van der Waals surface area contributed by atoms with Crippen molar-refractivity contribution in [2.45, 2.75) is 92.6 Å². The number of carbonyl (C=O) groups excluding carboxylic acids is 5. The quantitative estimate of drug-likeness (QED) is 0.0451. The molecule has 0 saturated heterocycles. The van der Waals surface area contributed by atoms with Gasteiger partial charge < -0.3 is 18.9 Å². The number of alkyl halides is 3. The van der Waals surface area contributed by atoms with E-state index in [9.17, 15) is 27.6 Å². The Morgan fingerprint density at radius 3 is 1.51 bits per heavy atom. The third kappa shape index (κ3) is 57.3. The second-order valence-electron chi connectivity index (χ2n) is 14.1. The molecular weight excluding hydrogens is 878 g/mol. The van der Waals surface area contributed by atoms with Crippen LogP contribution in [0.15, 0.2) is 81.6 Å². The fourth-order valence-electron chi connectivity index (χ4n) is 2.73. The van der Waals surface area contributed by atoms with Crippen LogP contribution in [-0.4, -0.2) is 79.9 Å². The normalized spacial score (nSPS) is 9.62. The van der Waals surface area contributed by atoms with Gasteiger partial charge in [0.2, 0.25) is 0 Å². The van der Waals surface area contributed by atoms with Crippen molar-refractivity contribution in [2.24, 2.45) is 20.5 Å². The first kappa shape index (κ1) is 67.4. The molecule has 0 N–H and O–H groups in total. The number of rotatable bonds is 9. The number of halogens is 3. The number of azo groups is 2. The van der Waals surface area contributed by atoms with Crippen molar-refractivity contribution in [3.63, 3.8) is 0 Å². The Labute approximate surface area is 385 Å². The van der Waals surface area contributed by atoms with E-state index in [4.69, 9.17) is 33.6 Å². The third-order valence-corrected chi connectivity index (χ3v) is 7.41. The van der Waals surface area contributed by atoms with Crippen molar-refractivity contribution in [3.8, 4) is 60.0 Å². The van der Waals surface area contributed by atoms with Crippen LogP contribution in [0.5, 0.6) is 0 Å². The molecule has 0 heterocycles. The summed E-state index contributed by atoms with van der Waals surface area (Å²) < 4.78 is 55.3. The first-order chi connectivity index (χ1) is 30.3. The van der Waals surface area contributed by atoms with Crippen LogP contribution >= 0.6 is 0 Å². The summed E-state index contributed by atoms with van der Waals surface area (Å²) in [5.74, 6) is 10.6. The summed E-state index contributed by atoms with van der Waals surface area (Å²) in [5, 5.41) is 14.0. The molecule has 0 radical (unpaired) electrons. The highest BCUT2D eigenvalue weighted by Gasteiger charge is 2.29. The Bertz CT molecular complexity index is 1980. The molecule has 0 bridgehead atoms. The molecule has 13 nitrogen and oxygen atoms in total. The molecule has 0 spiro atoms. The van der Waals surface area contributed by atoms with Gasteiger partial charge in [0, 0.05) is 12.3 Å². The van der Waals surface area contributed by atoms with E-state index in [1.807, 2.05) is 19.1 Å². The van der Waals surface area contributed by atoms with Gasteiger partial charge in [-0.05, 0) is 64.1 Å². The van der Waals surface area contributed by atoms with Gasteiger partial charge in [-0.15, -0.1) is 42.1 Å². The highest BCUT2D eigenvalue weighted by Crippen LogP contribution is 2.30. The molecule has 0 fully saturated rings. The zero-order valence-corrected chi connectivity index (χ0v) is 41.3. The molecule has 2 aromatic carbocycles. The van der Waals surface area contributed by atoms with Crippen LogP contribution in [0.3, 0.4) is 0 Å². The summed E-state index contributed by atoms with van der Waals surface area (Å²) in [6, 6.07) is 11.9. The lowest BCUT2D eigenvalue weighted by molar-refractivity contribution is -0.191. The number of ether oxygens (including phenoxy) is 4. The molecule has 0 saturated carbocycles. The minimum Gasteiger partial charge on any atom is -0.459 e. The van der Waals surface area contributed by atoms with E-state index in [1.54, 1.807) is 45.9 Å². The number of benzene rings is 2. The van der Waals surface area contributed by atoms with Crippen molar-refractivity contribution < 1.29 is 56.1 Å². The van der Waals surface area contributed by atoms with Crippen molar-refractivity contribution in [1.82, 2.24) is 0 Å². The Hall–Kier alpha value is -6.69. The second kappa shape index (κ2) is 42.6. The Balaban J connectivity index is -0.000000230. The molecule has 18 heteroatoms. The number of hydrogen-bond donors (Lipinski definition) is 0. The van der Waals surface area contributed by atoms with E-state index in [0.29, 0.717) is 37.8 Å². The monoisotopic (exact) mass is 938 g/mol. The Morgan fingerprint density at radius 2 is 1.20 bits per heavy atom. The van der Waals surface area contributed by atoms with Gasteiger partial charge in [-0.1, -0.05) is 98.8 Å². The topological polar surface area (TPSA) is 172 Å². The fraction of sp³-hybridized carbons (Fsp3) is 0.404. The molecule has 2 aromatic rings. The number of nitrogens with zero attached hydrogens (tertiary/aromatic N) is 4. The molecule has 0 atom stereocenters. The van der Waals surface area contributed by atoms with Gasteiger partial charge in [0.1, 0.15) is 36.0 Å². The van der Waals surface area contributed by atoms with Crippen molar-refractivity contribution in [1.29, 1.82) is 0 Å². The Morgan fingerprint density at radius 1 is 0.785 bits per heavy atom. The number of esters is 1. The van der Waals surface area contributed by atoms with E-state index in [2.05, 4.69) is 121 Å². The molecule has 2 rings (SSSR count). The largest absolute Gasteiger partial charge is 0.459 e. The highest BCUT2D eigenvalue weighted by atomic mass is 28.3. The van der Waals surface area contributed by atoms with Crippen LogP contribution in [0, 0.1) is 66.9 Å². The molecule has 0 aliphatic carbocycles. The van der Waals surface area contributed by atoms with Crippen LogP contribution in [0.25, 0.3) is 0 Å². The predicted octanol–water partition coefficient (Wildman–Crippen LogP) is 10.8. The summed E-state index contributed by atoms with van der Waals surface area (Å²) in [7, 11) is -0.889. The van der Waals surface area contributed by atoms with E-state index in [0.717, 1.165) is 17.7 Å². The zero-order chi connectivity index (χ0) is 51.3. The van der Waals surface area contributed by atoms with Crippen LogP contribution in [-0.2, 0) is 44.3 Å². The maximum Gasteiger partial charge on any atom is 0.452 e. The summed E-state index contributed by atoms with van der Waals surface area (Å²) in [6.07, 6.45) is 11.3. The summed E-state index contributed by atoms with van der Waals surface area (Å²) in [6.45, 7) is 27.3. The van der Waals surface area contributed by atoms with Crippen LogP contribution in [0.2, 0.25) is 39.3 Å². The summed E-state index contributed by atoms with van der Waals surface area (Å²) >= 11 is 0. The smallest absolute Gasteiger partial charge is 0.452 e. The number of hydrogen-bond acceptors (Lipinski definition) is 11. The number of methoxy groups -OCH3 is 1. The molecule has 0 aromatic heterocycles. The lowest BCUT2D eigenvalue weighted by Crippen LogP contribution is -2.22.